The lowest BCUT2D eigenvalue weighted by Crippen LogP contribution is -2.44. The number of carbonyl (C=O) groups is 1. The van der Waals surface area contributed by atoms with Crippen molar-refractivity contribution < 1.29 is 4.79 Å². The van der Waals surface area contributed by atoms with Crippen LogP contribution in [0.2, 0.25) is 0 Å². The summed E-state index contributed by atoms with van der Waals surface area (Å²) in [4.78, 5) is 26.4. The Morgan fingerprint density at radius 2 is 1.97 bits per heavy atom. The van der Waals surface area contributed by atoms with E-state index in [1.165, 1.54) is 11.3 Å². The van der Waals surface area contributed by atoms with E-state index in [4.69, 9.17) is 12.2 Å². The number of hydrogen-bond acceptors (Lipinski definition) is 8. The summed E-state index contributed by atoms with van der Waals surface area (Å²) in [5, 5.41) is 15.5. The number of thioether (sulfide) groups is 1. The van der Waals surface area contributed by atoms with Crippen molar-refractivity contribution in [1.82, 2.24) is 25.8 Å². The normalized spacial score (nSPS) is 10.2. The summed E-state index contributed by atoms with van der Waals surface area (Å²) in [6.07, 6.45) is 4.77. The number of anilines is 1. The Bertz CT molecular complexity index is 1320. The number of nitrogens with zero attached hydrogens (tertiary/aromatic N) is 4. The number of benzene rings is 1. The lowest BCUT2D eigenvalue weighted by Gasteiger charge is -2.12. The molecule has 0 aliphatic carbocycles. The second kappa shape index (κ2) is 11.3. The van der Waals surface area contributed by atoms with E-state index in [0.717, 1.165) is 27.9 Å². The standard InChI is InChI=1S/C23H17N7OS3/c24-12-17-16(20-7-4-10-33-20)11-18(19-13-25-8-9-26-19)28-22(17)34-14-21(31)29-30-23(32)27-15-5-2-1-3-6-15/h1-11,13H,14H2,(H,29,31)(H2,27,30,32). The van der Waals surface area contributed by atoms with Crippen LogP contribution in [-0.4, -0.2) is 31.7 Å². The predicted molar refractivity (Wildman–Crippen MR) is 138 cm³/mol. The molecule has 0 saturated carbocycles. The third kappa shape index (κ3) is 5.93. The van der Waals surface area contributed by atoms with Crippen LogP contribution in [-0.2, 0) is 4.79 Å². The average molecular weight is 504 g/mol. The summed E-state index contributed by atoms with van der Waals surface area (Å²) >= 11 is 7.88. The Labute approximate surface area is 209 Å². The van der Waals surface area contributed by atoms with Crippen molar-refractivity contribution in [3.63, 3.8) is 0 Å². The van der Waals surface area contributed by atoms with Crippen molar-refractivity contribution in [3.05, 3.63) is 78.1 Å². The predicted octanol–water partition coefficient (Wildman–Crippen LogP) is 4.25. The topological polar surface area (TPSA) is 116 Å². The molecule has 3 heterocycles. The lowest BCUT2D eigenvalue weighted by atomic mass is 10.1. The Kier molecular flexibility index (Phi) is 7.77. The summed E-state index contributed by atoms with van der Waals surface area (Å²) in [6, 6.07) is 17.3. The molecule has 0 aliphatic heterocycles. The molecule has 1 amide bonds. The molecule has 168 valence electrons. The second-order valence-corrected chi connectivity index (χ2v) is 9.02. The van der Waals surface area contributed by atoms with Crippen LogP contribution in [0.1, 0.15) is 5.56 Å². The van der Waals surface area contributed by atoms with Gasteiger partial charge in [-0.15, -0.1) is 11.3 Å². The van der Waals surface area contributed by atoms with Gasteiger partial charge in [0, 0.05) is 28.5 Å². The van der Waals surface area contributed by atoms with Crippen LogP contribution < -0.4 is 16.2 Å². The highest BCUT2D eigenvalue weighted by Gasteiger charge is 2.18. The number of aromatic nitrogens is 3. The highest BCUT2D eigenvalue weighted by atomic mass is 32.2. The van der Waals surface area contributed by atoms with Gasteiger partial charge in [0.15, 0.2) is 5.11 Å². The molecular formula is C23H17N7OS3. The zero-order valence-corrected chi connectivity index (χ0v) is 20.0. The zero-order chi connectivity index (χ0) is 23.8. The van der Waals surface area contributed by atoms with Gasteiger partial charge in [-0.2, -0.15) is 5.26 Å². The summed E-state index contributed by atoms with van der Waals surface area (Å²) in [5.41, 5.74) is 8.32. The third-order valence-electron chi connectivity index (χ3n) is 4.40. The highest BCUT2D eigenvalue weighted by Crippen LogP contribution is 2.35. The Morgan fingerprint density at radius 1 is 1.12 bits per heavy atom. The first kappa shape index (κ1) is 23.3. The Hall–Kier alpha value is -3.85. The first-order valence-electron chi connectivity index (χ1n) is 9.93. The summed E-state index contributed by atoms with van der Waals surface area (Å²) in [5.74, 6) is -0.299. The van der Waals surface area contributed by atoms with Crippen molar-refractivity contribution in [2.24, 2.45) is 0 Å². The van der Waals surface area contributed by atoms with Crippen molar-refractivity contribution in [3.8, 4) is 27.9 Å². The molecule has 0 bridgehead atoms. The fraction of sp³-hybridized carbons (Fsp3) is 0.0435. The molecule has 34 heavy (non-hydrogen) atoms. The van der Waals surface area contributed by atoms with Crippen LogP contribution >= 0.6 is 35.3 Å². The van der Waals surface area contributed by atoms with E-state index < -0.39 is 0 Å². The van der Waals surface area contributed by atoms with Crippen LogP contribution in [0.15, 0.2) is 77.5 Å². The molecule has 4 aromatic rings. The summed E-state index contributed by atoms with van der Waals surface area (Å²) in [6.45, 7) is 0. The SMILES string of the molecule is N#Cc1c(-c2cccs2)cc(-c2cnccn2)nc1SCC(=O)NNC(=S)Nc1ccccc1. The fourth-order valence-corrected chi connectivity index (χ4v) is 4.62. The molecule has 3 aromatic heterocycles. The minimum atomic E-state index is -0.324. The number of para-hydroxylation sites is 1. The second-order valence-electron chi connectivity index (χ2n) is 6.70. The van der Waals surface area contributed by atoms with E-state index in [9.17, 15) is 10.1 Å². The summed E-state index contributed by atoms with van der Waals surface area (Å²) < 4.78 is 0. The number of hydrogen-bond donors (Lipinski definition) is 3. The highest BCUT2D eigenvalue weighted by molar-refractivity contribution is 8.00. The van der Waals surface area contributed by atoms with E-state index >= 15 is 0 Å². The molecule has 8 nitrogen and oxygen atoms in total. The van der Waals surface area contributed by atoms with Crippen molar-refractivity contribution in [2.45, 2.75) is 5.03 Å². The van der Waals surface area contributed by atoms with Gasteiger partial charge in [0.1, 0.15) is 16.8 Å². The first-order chi connectivity index (χ1) is 16.6. The molecule has 0 atom stereocenters. The van der Waals surface area contributed by atoms with E-state index in [2.05, 4.69) is 37.2 Å². The number of rotatable bonds is 6. The number of nitriles is 1. The van der Waals surface area contributed by atoms with E-state index in [-0.39, 0.29) is 16.8 Å². The molecule has 0 saturated heterocycles. The minimum Gasteiger partial charge on any atom is -0.331 e. The number of carbonyl (C=O) groups excluding carboxylic acids is 1. The van der Waals surface area contributed by atoms with Gasteiger partial charge in [-0.05, 0) is 41.9 Å². The molecule has 0 unspecified atom stereocenters. The molecule has 4 rings (SSSR count). The van der Waals surface area contributed by atoms with Gasteiger partial charge in [0.05, 0.1) is 23.2 Å². The smallest absolute Gasteiger partial charge is 0.248 e. The number of thiophene rings is 1. The fourth-order valence-electron chi connectivity index (χ4n) is 2.90. The number of thiocarbonyl (C=S) groups is 1. The van der Waals surface area contributed by atoms with E-state index in [1.807, 2.05) is 53.9 Å². The quantitative estimate of drug-likeness (QED) is 0.202. The maximum Gasteiger partial charge on any atom is 0.248 e. The molecule has 0 fully saturated rings. The van der Waals surface area contributed by atoms with Crippen LogP contribution in [0, 0.1) is 11.3 Å². The van der Waals surface area contributed by atoms with Gasteiger partial charge in [-0.1, -0.05) is 36.0 Å². The molecule has 0 spiro atoms. The lowest BCUT2D eigenvalue weighted by molar-refractivity contribution is -0.119. The number of amides is 1. The van der Waals surface area contributed by atoms with Crippen molar-refractivity contribution in [2.75, 3.05) is 11.1 Å². The van der Waals surface area contributed by atoms with Gasteiger partial charge < -0.3 is 5.32 Å². The van der Waals surface area contributed by atoms with Gasteiger partial charge in [-0.25, -0.2) is 4.98 Å². The zero-order valence-electron chi connectivity index (χ0n) is 17.6. The largest absolute Gasteiger partial charge is 0.331 e. The van der Waals surface area contributed by atoms with Gasteiger partial charge >= 0.3 is 0 Å². The van der Waals surface area contributed by atoms with E-state index in [0.29, 0.717) is 22.0 Å². The van der Waals surface area contributed by atoms with Crippen LogP contribution in [0.4, 0.5) is 5.69 Å². The first-order valence-corrected chi connectivity index (χ1v) is 12.2. The number of pyridine rings is 1. The van der Waals surface area contributed by atoms with Crippen molar-refractivity contribution >= 4 is 52.0 Å². The molecular weight excluding hydrogens is 487 g/mol. The van der Waals surface area contributed by atoms with Gasteiger partial charge in [-0.3, -0.25) is 25.6 Å². The maximum absolute atomic E-state index is 12.4. The number of hydrazine groups is 1. The minimum absolute atomic E-state index is 0.0242. The summed E-state index contributed by atoms with van der Waals surface area (Å²) in [7, 11) is 0. The molecule has 1 aromatic carbocycles. The number of nitrogens with one attached hydrogen (secondary N) is 3. The molecule has 0 radical (unpaired) electrons. The third-order valence-corrected chi connectivity index (χ3v) is 6.48. The monoisotopic (exact) mass is 503 g/mol. The van der Waals surface area contributed by atoms with Gasteiger partial charge in [0.2, 0.25) is 5.91 Å². The Balaban J connectivity index is 1.48. The molecule has 0 aliphatic rings. The van der Waals surface area contributed by atoms with Crippen molar-refractivity contribution in [1.29, 1.82) is 5.26 Å². The van der Waals surface area contributed by atoms with Crippen LogP contribution in [0.5, 0.6) is 0 Å². The van der Waals surface area contributed by atoms with E-state index in [1.54, 1.807) is 18.6 Å². The van der Waals surface area contributed by atoms with Gasteiger partial charge in [0.25, 0.3) is 0 Å². The van der Waals surface area contributed by atoms with Crippen LogP contribution in [0.3, 0.4) is 0 Å². The molecule has 3 N–H and O–H groups in total. The Morgan fingerprint density at radius 3 is 2.68 bits per heavy atom. The van der Waals surface area contributed by atoms with Crippen LogP contribution in [0.25, 0.3) is 21.8 Å². The maximum atomic E-state index is 12.4. The average Bonchev–Trinajstić information content (AvgIpc) is 3.42. The molecule has 11 heteroatoms.